The Morgan fingerprint density at radius 2 is 2.04 bits per heavy atom. The van der Waals surface area contributed by atoms with Gasteiger partial charge in [-0.25, -0.2) is 4.98 Å². The van der Waals surface area contributed by atoms with Gasteiger partial charge in [0.05, 0.1) is 7.11 Å². The molecule has 3 rings (SSSR count). The van der Waals surface area contributed by atoms with Crippen molar-refractivity contribution in [3.63, 3.8) is 0 Å². The van der Waals surface area contributed by atoms with Crippen molar-refractivity contribution in [1.29, 1.82) is 0 Å². The van der Waals surface area contributed by atoms with E-state index in [0.29, 0.717) is 11.7 Å². The molecule has 0 unspecified atom stereocenters. The fraction of sp³-hybridized carbons (Fsp3) is 0.400. The lowest BCUT2D eigenvalue weighted by Gasteiger charge is -2.33. The topological polar surface area (TPSA) is 63.7 Å². The van der Waals surface area contributed by atoms with E-state index in [2.05, 4.69) is 16.4 Å². The van der Waals surface area contributed by atoms with Crippen LogP contribution in [-0.4, -0.2) is 49.6 Å². The minimum Gasteiger partial charge on any atom is -0.497 e. The number of benzene rings is 1. The Morgan fingerprint density at radius 3 is 2.77 bits per heavy atom. The van der Waals surface area contributed by atoms with Crippen LogP contribution in [0.15, 0.2) is 42.6 Å². The van der Waals surface area contributed by atoms with Gasteiger partial charge >= 0.3 is 0 Å². The van der Waals surface area contributed by atoms with Crippen molar-refractivity contribution >= 4 is 11.7 Å². The predicted molar refractivity (Wildman–Crippen MR) is 101 cm³/mol. The molecule has 0 aliphatic carbocycles. The van der Waals surface area contributed by atoms with Crippen molar-refractivity contribution < 1.29 is 14.3 Å². The molecule has 1 aliphatic heterocycles. The Kier molecular flexibility index (Phi) is 5.94. The van der Waals surface area contributed by atoms with Gasteiger partial charge in [-0.3, -0.25) is 4.79 Å². The fourth-order valence-corrected chi connectivity index (χ4v) is 3.22. The zero-order valence-corrected chi connectivity index (χ0v) is 15.3. The number of nitrogens with one attached hydrogen (secondary N) is 1. The van der Waals surface area contributed by atoms with Gasteiger partial charge in [-0.2, -0.15) is 0 Å². The number of piperidine rings is 1. The summed E-state index contributed by atoms with van der Waals surface area (Å²) >= 11 is 0. The highest BCUT2D eigenvalue weighted by Crippen LogP contribution is 2.28. The average molecular weight is 355 g/mol. The van der Waals surface area contributed by atoms with E-state index in [4.69, 9.17) is 9.47 Å². The first-order chi connectivity index (χ1) is 12.7. The number of nitrogens with zero attached hydrogens (tertiary/aromatic N) is 2. The molecule has 0 bridgehead atoms. The number of anilines is 1. The molecular weight excluding hydrogens is 330 g/mol. The molecule has 1 fully saturated rings. The summed E-state index contributed by atoms with van der Waals surface area (Å²) in [5.74, 6) is 2.65. The van der Waals surface area contributed by atoms with E-state index in [1.165, 1.54) is 5.56 Å². The molecule has 0 radical (unpaired) electrons. The Hall–Kier alpha value is -2.76. The maximum Gasteiger partial charge on any atom is 0.260 e. The summed E-state index contributed by atoms with van der Waals surface area (Å²) in [6.07, 6.45) is 3.89. The van der Waals surface area contributed by atoms with Gasteiger partial charge in [0, 0.05) is 32.3 Å². The second-order valence-corrected chi connectivity index (χ2v) is 6.37. The van der Waals surface area contributed by atoms with E-state index >= 15 is 0 Å². The minimum absolute atomic E-state index is 0.0217. The van der Waals surface area contributed by atoms with Crippen molar-refractivity contribution in [3.8, 4) is 11.5 Å². The van der Waals surface area contributed by atoms with E-state index in [1.807, 2.05) is 36.3 Å². The van der Waals surface area contributed by atoms with Crippen LogP contribution >= 0.6 is 0 Å². The summed E-state index contributed by atoms with van der Waals surface area (Å²) in [4.78, 5) is 18.7. The summed E-state index contributed by atoms with van der Waals surface area (Å²) in [7, 11) is 3.48. The number of likely N-dealkylation sites (tertiary alicyclic amines) is 1. The molecule has 0 saturated carbocycles. The number of rotatable bonds is 6. The van der Waals surface area contributed by atoms with Crippen LogP contribution in [0.3, 0.4) is 0 Å². The quantitative estimate of drug-likeness (QED) is 0.863. The molecular formula is C20H25N3O3. The highest BCUT2D eigenvalue weighted by molar-refractivity contribution is 5.78. The van der Waals surface area contributed by atoms with E-state index in [1.54, 1.807) is 19.2 Å². The number of pyridine rings is 1. The van der Waals surface area contributed by atoms with Gasteiger partial charge in [0.1, 0.15) is 17.3 Å². The SMILES string of the molecule is CNc1cc([C@H]2CCCN(C(=O)COc3ccc(OC)cc3)C2)ccn1. The molecule has 1 aliphatic rings. The average Bonchev–Trinajstić information content (AvgIpc) is 2.72. The fourth-order valence-electron chi connectivity index (χ4n) is 3.22. The summed E-state index contributed by atoms with van der Waals surface area (Å²) < 4.78 is 10.8. The van der Waals surface area contributed by atoms with Crippen LogP contribution in [0, 0.1) is 0 Å². The number of hydrogen-bond donors (Lipinski definition) is 1. The highest BCUT2D eigenvalue weighted by atomic mass is 16.5. The lowest BCUT2D eigenvalue weighted by Crippen LogP contribution is -2.41. The summed E-state index contributed by atoms with van der Waals surface area (Å²) in [6, 6.07) is 11.3. The number of carbonyl (C=O) groups excluding carboxylic acids is 1. The molecule has 138 valence electrons. The molecule has 26 heavy (non-hydrogen) atoms. The van der Waals surface area contributed by atoms with Crippen molar-refractivity contribution in [3.05, 3.63) is 48.2 Å². The number of aromatic nitrogens is 1. The van der Waals surface area contributed by atoms with Gasteiger partial charge in [0.25, 0.3) is 5.91 Å². The monoisotopic (exact) mass is 355 g/mol. The zero-order chi connectivity index (χ0) is 18.4. The summed E-state index contributed by atoms with van der Waals surface area (Å²) in [5.41, 5.74) is 1.22. The third kappa shape index (κ3) is 4.45. The van der Waals surface area contributed by atoms with E-state index in [-0.39, 0.29) is 12.5 Å². The normalized spacial score (nSPS) is 16.8. The molecule has 1 aromatic heterocycles. The molecule has 1 amide bonds. The summed E-state index contributed by atoms with van der Waals surface area (Å²) in [6.45, 7) is 1.56. The Morgan fingerprint density at radius 1 is 1.27 bits per heavy atom. The molecule has 6 heteroatoms. The smallest absolute Gasteiger partial charge is 0.260 e. The van der Waals surface area contributed by atoms with E-state index < -0.39 is 0 Å². The summed E-state index contributed by atoms with van der Waals surface area (Å²) in [5, 5.41) is 3.07. The van der Waals surface area contributed by atoms with Crippen molar-refractivity contribution in [2.24, 2.45) is 0 Å². The van der Waals surface area contributed by atoms with Gasteiger partial charge in [0.15, 0.2) is 6.61 Å². The third-order valence-corrected chi connectivity index (χ3v) is 4.71. The second-order valence-electron chi connectivity index (χ2n) is 6.37. The zero-order valence-electron chi connectivity index (χ0n) is 15.3. The van der Waals surface area contributed by atoms with Crippen LogP contribution in [0.2, 0.25) is 0 Å². The van der Waals surface area contributed by atoms with Crippen LogP contribution in [0.25, 0.3) is 0 Å². The Labute approximate surface area is 154 Å². The molecule has 2 heterocycles. The molecule has 1 aromatic carbocycles. The lowest BCUT2D eigenvalue weighted by atomic mass is 9.91. The molecule has 1 atom stereocenters. The molecule has 1 N–H and O–H groups in total. The maximum absolute atomic E-state index is 12.5. The standard InChI is InChI=1S/C20H25N3O3/c1-21-19-12-15(9-10-22-19)16-4-3-11-23(13-16)20(24)14-26-18-7-5-17(25-2)6-8-18/h5-10,12,16H,3-4,11,13-14H2,1-2H3,(H,21,22)/t16-/m0/s1. The highest BCUT2D eigenvalue weighted by Gasteiger charge is 2.25. The van der Waals surface area contributed by atoms with Gasteiger partial charge in [-0.05, 0) is 54.8 Å². The third-order valence-electron chi connectivity index (χ3n) is 4.71. The molecule has 6 nitrogen and oxygen atoms in total. The van der Waals surface area contributed by atoms with Crippen molar-refractivity contribution in [1.82, 2.24) is 9.88 Å². The molecule has 2 aromatic rings. The molecule has 1 saturated heterocycles. The predicted octanol–water partition coefficient (Wildman–Crippen LogP) is 2.92. The number of amides is 1. The largest absolute Gasteiger partial charge is 0.497 e. The van der Waals surface area contributed by atoms with Crippen molar-refractivity contribution in [2.75, 3.05) is 39.2 Å². The minimum atomic E-state index is 0.0217. The van der Waals surface area contributed by atoms with Gasteiger partial charge in [-0.1, -0.05) is 0 Å². The number of ether oxygens (including phenoxy) is 2. The maximum atomic E-state index is 12.5. The number of hydrogen-bond acceptors (Lipinski definition) is 5. The van der Waals surface area contributed by atoms with Crippen LogP contribution in [0.4, 0.5) is 5.82 Å². The Balaban J connectivity index is 1.56. The van der Waals surface area contributed by atoms with Gasteiger partial charge < -0.3 is 19.7 Å². The number of carbonyl (C=O) groups is 1. The number of methoxy groups -OCH3 is 1. The van der Waals surface area contributed by atoms with E-state index in [9.17, 15) is 4.79 Å². The van der Waals surface area contributed by atoms with Crippen LogP contribution < -0.4 is 14.8 Å². The first-order valence-electron chi connectivity index (χ1n) is 8.88. The van der Waals surface area contributed by atoms with Crippen LogP contribution in [0.1, 0.15) is 24.3 Å². The van der Waals surface area contributed by atoms with Gasteiger partial charge in [-0.15, -0.1) is 0 Å². The Bertz CT molecular complexity index is 733. The van der Waals surface area contributed by atoms with Gasteiger partial charge in [0.2, 0.25) is 0 Å². The molecule has 0 spiro atoms. The first kappa shape index (κ1) is 18.0. The van der Waals surface area contributed by atoms with E-state index in [0.717, 1.165) is 37.5 Å². The van der Waals surface area contributed by atoms with Crippen LogP contribution in [0.5, 0.6) is 11.5 Å². The van der Waals surface area contributed by atoms with Crippen molar-refractivity contribution in [2.45, 2.75) is 18.8 Å². The lowest BCUT2D eigenvalue weighted by molar-refractivity contribution is -0.134. The van der Waals surface area contributed by atoms with Crippen LogP contribution in [-0.2, 0) is 4.79 Å². The first-order valence-corrected chi connectivity index (χ1v) is 8.88. The second kappa shape index (κ2) is 8.56.